The number of likely N-dealkylation sites (N-methyl/N-ethyl adjacent to an activating group) is 1. The van der Waals surface area contributed by atoms with Gasteiger partial charge in [0.25, 0.3) is 0 Å². The second-order valence-corrected chi connectivity index (χ2v) is 9.06. The Bertz CT molecular complexity index is 1250. The van der Waals surface area contributed by atoms with Crippen molar-refractivity contribution < 1.29 is 19.1 Å². The zero-order valence-electron chi connectivity index (χ0n) is 20.3. The number of anilines is 1. The van der Waals surface area contributed by atoms with Gasteiger partial charge in [0.05, 0.1) is 24.1 Å². The Kier molecular flexibility index (Phi) is 6.53. The van der Waals surface area contributed by atoms with Crippen LogP contribution < -0.4 is 4.90 Å². The Hall–Kier alpha value is -4.03. The van der Waals surface area contributed by atoms with Crippen LogP contribution in [0.2, 0.25) is 0 Å². The van der Waals surface area contributed by atoms with Gasteiger partial charge in [0.2, 0.25) is 11.8 Å². The first kappa shape index (κ1) is 23.7. The summed E-state index contributed by atoms with van der Waals surface area (Å²) in [5.74, 6) is -2.67. The molecule has 0 radical (unpaired) electrons. The van der Waals surface area contributed by atoms with Gasteiger partial charge in [-0.15, -0.1) is 0 Å². The number of fused-ring (bicyclic) bond motifs is 1. The molecule has 2 fully saturated rings. The molecule has 0 saturated carbocycles. The summed E-state index contributed by atoms with van der Waals surface area (Å²) < 4.78 is 5.37. The van der Waals surface area contributed by atoms with E-state index < -0.39 is 29.9 Å². The number of carbonyl (C=O) groups excluding carboxylic acids is 3. The number of hydrogen-bond acceptors (Lipinski definition) is 5. The lowest BCUT2D eigenvalue weighted by molar-refractivity contribution is -0.151. The highest BCUT2D eigenvalue weighted by Gasteiger charge is 2.63. The predicted molar refractivity (Wildman–Crippen MR) is 138 cm³/mol. The number of esters is 1. The lowest BCUT2D eigenvalue weighted by Gasteiger charge is -2.28. The largest absolute Gasteiger partial charge is 0.465 e. The average Bonchev–Trinajstić information content (AvgIpc) is 3.34. The topological polar surface area (TPSA) is 66.9 Å². The average molecular weight is 481 g/mol. The molecule has 4 atom stereocenters. The summed E-state index contributed by atoms with van der Waals surface area (Å²) in [6.07, 6.45) is 2.03. The maximum absolute atomic E-state index is 13.8. The summed E-state index contributed by atoms with van der Waals surface area (Å²) in [5, 5.41) is 0. The quantitative estimate of drug-likeness (QED) is 0.391. The van der Waals surface area contributed by atoms with Gasteiger partial charge in [-0.25, -0.2) is 4.90 Å². The van der Waals surface area contributed by atoms with Gasteiger partial charge in [-0.3, -0.25) is 19.3 Å². The number of ether oxygens (including phenoxy) is 1. The molecule has 36 heavy (non-hydrogen) atoms. The minimum absolute atomic E-state index is 0.199. The Labute approximate surface area is 210 Å². The van der Waals surface area contributed by atoms with Crippen LogP contribution >= 0.6 is 0 Å². The van der Waals surface area contributed by atoms with Crippen molar-refractivity contribution in [2.75, 3.05) is 18.6 Å². The molecule has 5 rings (SSSR count). The monoisotopic (exact) mass is 480 g/mol. The van der Waals surface area contributed by atoms with Crippen LogP contribution in [-0.2, 0) is 19.1 Å². The zero-order valence-corrected chi connectivity index (χ0v) is 20.3. The first-order valence-electron chi connectivity index (χ1n) is 12.2. The van der Waals surface area contributed by atoms with Gasteiger partial charge in [0.1, 0.15) is 6.04 Å². The second-order valence-electron chi connectivity index (χ2n) is 9.06. The maximum Gasteiger partial charge on any atom is 0.324 e. The third-order valence-corrected chi connectivity index (χ3v) is 7.06. The number of imide groups is 1. The van der Waals surface area contributed by atoms with Gasteiger partial charge in [-0.05, 0) is 42.8 Å². The summed E-state index contributed by atoms with van der Waals surface area (Å²) in [4.78, 5) is 43.7. The Balaban J connectivity index is 1.64. The van der Waals surface area contributed by atoms with Crippen LogP contribution in [0.25, 0.3) is 5.57 Å². The van der Waals surface area contributed by atoms with Gasteiger partial charge in [0, 0.05) is 6.04 Å². The van der Waals surface area contributed by atoms with Crippen LogP contribution in [0.1, 0.15) is 18.1 Å². The normalized spacial score (nSPS) is 23.4. The van der Waals surface area contributed by atoms with E-state index in [4.69, 9.17) is 4.74 Å². The van der Waals surface area contributed by atoms with Crippen molar-refractivity contribution >= 4 is 29.0 Å². The summed E-state index contributed by atoms with van der Waals surface area (Å²) in [5.41, 5.74) is 3.44. The summed E-state index contributed by atoms with van der Waals surface area (Å²) in [7, 11) is 1.79. The summed E-state index contributed by atoms with van der Waals surface area (Å²) >= 11 is 0. The number of rotatable bonds is 6. The van der Waals surface area contributed by atoms with E-state index >= 15 is 0 Å². The van der Waals surface area contributed by atoms with E-state index in [2.05, 4.69) is 0 Å². The Morgan fingerprint density at radius 2 is 1.31 bits per heavy atom. The van der Waals surface area contributed by atoms with E-state index in [0.29, 0.717) is 5.69 Å². The van der Waals surface area contributed by atoms with Crippen LogP contribution in [0.3, 0.4) is 0 Å². The summed E-state index contributed by atoms with van der Waals surface area (Å²) in [6.45, 7) is 1.94. The number of benzene rings is 3. The molecule has 182 valence electrons. The first-order valence-corrected chi connectivity index (χ1v) is 12.2. The number of nitrogens with zero attached hydrogens (tertiary/aromatic N) is 2. The molecule has 3 aromatic carbocycles. The number of para-hydroxylation sites is 1. The Morgan fingerprint density at radius 1 is 0.806 bits per heavy atom. The van der Waals surface area contributed by atoms with Gasteiger partial charge in [0.15, 0.2) is 0 Å². The molecule has 0 N–H and O–H groups in total. The van der Waals surface area contributed by atoms with Crippen molar-refractivity contribution in [1.82, 2.24) is 4.90 Å². The molecule has 3 aromatic rings. The van der Waals surface area contributed by atoms with Crippen LogP contribution in [0.15, 0.2) is 97.1 Å². The minimum Gasteiger partial charge on any atom is -0.465 e. The molecule has 6 heteroatoms. The van der Waals surface area contributed by atoms with Crippen molar-refractivity contribution in [3.63, 3.8) is 0 Å². The molecule has 0 bridgehead atoms. The van der Waals surface area contributed by atoms with Gasteiger partial charge in [-0.1, -0.05) is 84.9 Å². The molecule has 0 spiro atoms. The van der Waals surface area contributed by atoms with E-state index in [1.807, 2.05) is 77.7 Å². The standard InChI is InChI=1S/C30H28N2O4/c1-3-36-30(35)27-26-25(28(33)32(29(26)34)22-17-11-6-12-18-22)24(31(27)2)19-23(20-13-7-4-8-14-20)21-15-9-5-10-16-21/h4-19,24-27H,3H2,1-2H3/t24-,25-,26-,27+/m1/s1. The summed E-state index contributed by atoms with van der Waals surface area (Å²) in [6, 6.07) is 27.4. The number of carbonyl (C=O) groups is 3. The molecular formula is C30H28N2O4. The van der Waals surface area contributed by atoms with Crippen LogP contribution in [-0.4, -0.2) is 48.4 Å². The third kappa shape index (κ3) is 4.03. The van der Waals surface area contributed by atoms with Crippen LogP contribution in [0, 0.1) is 11.8 Å². The lowest BCUT2D eigenvalue weighted by atomic mass is 9.87. The molecule has 0 unspecified atom stereocenters. The molecule has 2 aliphatic heterocycles. The molecule has 0 aromatic heterocycles. The van der Waals surface area contributed by atoms with Gasteiger partial charge >= 0.3 is 5.97 Å². The van der Waals surface area contributed by atoms with E-state index in [0.717, 1.165) is 16.7 Å². The molecule has 6 nitrogen and oxygen atoms in total. The number of likely N-dealkylation sites (tertiary alicyclic amines) is 1. The minimum atomic E-state index is -0.853. The SMILES string of the molecule is CCOC(=O)[C@@H]1[C@@H]2C(=O)N(c3ccccc3)C(=O)[C@@H]2[C@@H](C=C(c2ccccc2)c2ccccc2)N1C. The second kappa shape index (κ2) is 9.91. The van der Waals surface area contributed by atoms with Crippen molar-refractivity contribution in [2.24, 2.45) is 11.8 Å². The number of hydrogen-bond donors (Lipinski definition) is 0. The van der Waals surface area contributed by atoms with Crippen LogP contribution in [0.5, 0.6) is 0 Å². The fourth-order valence-corrected chi connectivity index (χ4v) is 5.45. The van der Waals surface area contributed by atoms with Crippen molar-refractivity contribution in [1.29, 1.82) is 0 Å². The lowest BCUT2D eigenvalue weighted by Crippen LogP contribution is -2.46. The van der Waals surface area contributed by atoms with Gasteiger partial charge < -0.3 is 4.74 Å². The van der Waals surface area contributed by atoms with Crippen molar-refractivity contribution in [2.45, 2.75) is 19.0 Å². The highest BCUT2D eigenvalue weighted by Crippen LogP contribution is 2.45. The Morgan fingerprint density at radius 3 is 1.83 bits per heavy atom. The van der Waals surface area contributed by atoms with Crippen LogP contribution in [0.4, 0.5) is 5.69 Å². The van der Waals surface area contributed by atoms with E-state index in [1.54, 1.807) is 38.2 Å². The molecule has 2 heterocycles. The van der Waals surface area contributed by atoms with E-state index in [-0.39, 0.29) is 18.4 Å². The third-order valence-electron chi connectivity index (χ3n) is 7.06. The van der Waals surface area contributed by atoms with Crippen molar-refractivity contribution in [3.8, 4) is 0 Å². The van der Waals surface area contributed by atoms with Crippen molar-refractivity contribution in [3.05, 3.63) is 108 Å². The molecular weight excluding hydrogens is 452 g/mol. The molecule has 0 aliphatic carbocycles. The maximum atomic E-state index is 13.8. The van der Waals surface area contributed by atoms with E-state index in [1.165, 1.54) is 4.90 Å². The van der Waals surface area contributed by atoms with Gasteiger partial charge in [-0.2, -0.15) is 0 Å². The first-order chi connectivity index (χ1) is 17.5. The predicted octanol–water partition coefficient (Wildman–Crippen LogP) is 4.17. The highest BCUT2D eigenvalue weighted by molar-refractivity contribution is 6.23. The van der Waals surface area contributed by atoms with E-state index in [9.17, 15) is 14.4 Å². The fraction of sp³-hybridized carbons (Fsp3) is 0.233. The fourth-order valence-electron chi connectivity index (χ4n) is 5.45. The number of amides is 2. The molecule has 2 saturated heterocycles. The smallest absolute Gasteiger partial charge is 0.324 e. The highest BCUT2D eigenvalue weighted by atomic mass is 16.5. The molecule has 2 amide bonds. The zero-order chi connectivity index (χ0) is 25.2. The molecule has 2 aliphatic rings.